The number of benzene rings is 4. The SMILES string of the molecule is [O]=[Sn]([c]1cccc2ccccc12)[c]1cccc2ccccc12. The van der Waals surface area contributed by atoms with Gasteiger partial charge in [-0.2, -0.15) is 0 Å². The summed E-state index contributed by atoms with van der Waals surface area (Å²) in [6.45, 7) is 0. The Labute approximate surface area is 136 Å². The molecule has 0 fully saturated rings. The molecule has 0 atom stereocenters. The summed E-state index contributed by atoms with van der Waals surface area (Å²) in [4.78, 5) is 0. The van der Waals surface area contributed by atoms with Crippen molar-refractivity contribution in [1.29, 1.82) is 0 Å². The van der Waals surface area contributed by atoms with Crippen LogP contribution in [-0.2, 0) is 3.08 Å². The zero-order chi connectivity index (χ0) is 14.9. The van der Waals surface area contributed by atoms with Crippen molar-refractivity contribution in [3.05, 3.63) is 84.9 Å². The van der Waals surface area contributed by atoms with Crippen LogP contribution in [0.15, 0.2) is 84.9 Å². The second kappa shape index (κ2) is 5.65. The molecule has 104 valence electrons. The van der Waals surface area contributed by atoms with Gasteiger partial charge in [0, 0.05) is 0 Å². The molecule has 0 aliphatic carbocycles. The summed E-state index contributed by atoms with van der Waals surface area (Å²) < 4.78 is 15.4. The molecule has 1 nitrogen and oxygen atoms in total. The van der Waals surface area contributed by atoms with Gasteiger partial charge in [-0.05, 0) is 0 Å². The zero-order valence-corrected chi connectivity index (χ0v) is 14.8. The Bertz CT molecular complexity index is 913. The molecular weight excluding hydrogens is 375 g/mol. The van der Waals surface area contributed by atoms with Crippen molar-refractivity contribution in [3.63, 3.8) is 0 Å². The number of rotatable bonds is 2. The fourth-order valence-electron chi connectivity index (χ4n) is 2.99. The van der Waals surface area contributed by atoms with Gasteiger partial charge in [0.2, 0.25) is 0 Å². The molecule has 0 saturated heterocycles. The van der Waals surface area contributed by atoms with E-state index in [4.69, 9.17) is 0 Å². The maximum absolute atomic E-state index is 13.4. The van der Waals surface area contributed by atoms with Crippen molar-refractivity contribution < 1.29 is 3.08 Å². The summed E-state index contributed by atoms with van der Waals surface area (Å²) in [5.41, 5.74) is 0. The Hall–Kier alpha value is -2.00. The van der Waals surface area contributed by atoms with E-state index in [0.29, 0.717) is 0 Å². The van der Waals surface area contributed by atoms with E-state index in [2.05, 4.69) is 36.4 Å². The zero-order valence-electron chi connectivity index (χ0n) is 12.0. The molecule has 0 saturated carbocycles. The molecule has 0 unspecified atom stereocenters. The van der Waals surface area contributed by atoms with Crippen LogP contribution in [0.1, 0.15) is 0 Å². The second-order valence-corrected chi connectivity index (χ2v) is 10.3. The fourth-order valence-corrected chi connectivity index (χ4v) is 7.93. The summed E-state index contributed by atoms with van der Waals surface area (Å²) in [7, 11) is 0. The first kappa shape index (κ1) is 13.6. The van der Waals surface area contributed by atoms with Crippen molar-refractivity contribution >= 4 is 48.4 Å². The topological polar surface area (TPSA) is 17.1 Å². The molecule has 0 bridgehead atoms. The van der Waals surface area contributed by atoms with Crippen molar-refractivity contribution in [2.24, 2.45) is 0 Å². The van der Waals surface area contributed by atoms with Gasteiger partial charge < -0.3 is 0 Å². The summed E-state index contributed by atoms with van der Waals surface area (Å²) >= 11 is -3.13. The first-order valence-electron chi connectivity index (χ1n) is 7.35. The van der Waals surface area contributed by atoms with E-state index in [1.807, 2.05) is 48.5 Å². The molecule has 0 N–H and O–H groups in total. The van der Waals surface area contributed by atoms with Crippen LogP contribution < -0.4 is 7.16 Å². The minimum atomic E-state index is -3.13. The van der Waals surface area contributed by atoms with Gasteiger partial charge in [-0.1, -0.05) is 0 Å². The van der Waals surface area contributed by atoms with E-state index < -0.39 is 19.7 Å². The average molecular weight is 389 g/mol. The maximum atomic E-state index is 13.4. The molecular formula is C20H14OSn. The molecule has 2 heteroatoms. The summed E-state index contributed by atoms with van der Waals surface area (Å²) in [5.74, 6) is 0. The van der Waals surface area contributed by atoms with Gasteiger partial charge in [-0.3, -0.25) is 0 Å². The van der Waals surface area contributed by atoms with Gasteiger partial charge in [0.25, 0.3) is 0 Å². The monoisotopic (exact) mass is 390 g/mol. The van der Waals surface area contributed by atoms with E-state index in [-0.39, 0.29) is 0 Å². The van der Waals surface area contributed by atoms with Crippen molar-refractivity contribution in [2.45, 2.75) is 0 Å². The Morgan fingerprint density at radius 2 is 0.909 bits per heavy atom. The summed E-state index contributed by atoms with van der Waals surface area (Å²) in [5, 5.41) is 4.58. The van der Waals surface area contributed by atoms with Gasteiger partial charge in [0.15, 0.2) is 0 Å². The number of fused-ring (bicyclic) bond motifs is 2. The Morgan fingerprint density at radius 3 is 1.41 bits per heavy atom. The average Bonchev–Trinajstić information content (AvgIpc) is 2.60. The van der Waals surface area contributed by atoms with Crippen LogP contribution >= 0.6 is 0 Å². The first-order chi connectivity index (χ1) is 10.8. The third kappa shape index (κ3) is 2.26. The van der Waals surface area contributed by atoms with Crippen molar-refractivity contribution in [1.82, 2.24) is 0 Å². The third-order valence-electron chi connectivity index (χ3n) is 4.07. The molecule has 0 aliphatic rings. The molecule has 4 rings (SSSR count). The Morgan fingerprint density at radius 1 is 0.500 bits per heavy atom. The van der Waals surface area contributed by atoms with E-state index in [1.54, 1.807) is 0 Å². The molecule has 4 aromatic carbocycles. The molecule has 22 heavy (non-hydrogen) atoms. The van der Waals surface area contributed by atoms with Gasteiger partial charge in [0.1, 0.15) is 0 Å². The summed E-state index contributed by atoms with van der Waals surface area (Å²) in [6, 6.07) is 28.7. The molecule has 0 heterocycles. The van der Waals surface area contributed by atoms with Gasteiger partial charge in [-0.25, -0.2) is 0 Å². The molecule has 0 aliphatic heterocycles. The molecule has 0 radical (unpaired) electrons. The van der Waals surface area contributed by atoms with Crippen LogP contribution in [0, 0.1) is 0 Å². The number of hydrogen-bond donors (Lipinski definition) is 0. The first-order valence-corrected chi connectivity index (χ1v) is 11.4. The van der Waals surface area contributed by atoms with Crippen LogP contribution in [-0.4, -0.2) is 19.7 Å². The van der Waals surface area contributed by atoms with Gasteiger partial charge >= 0.3 is 136 Å². The van der Waals surface area contributed by atoms with E-state index in [0.717, 1.165) is 28.7 Å². The third-order valence-corrected chi connectivity index (χ3v) is 9.35. The van der Waals surface area contributed by atoms with Crippen molar-refractivity contribution in [3.8, 4) is 0 Å². The molecule has 0 amide bonds. The number of hydrogen-bond acceptors (Lipinski definition) is 1. The van der Waals surface area contributed by atoms with Crippen LogP contribution in [0.3, 0.4) is 0 Å². The van der Waals surface area contributed by atoms with Crippen LogP contribution in [0.25, 0.3) is 21.5 Å². The Balaban J connectivity index is 1.97. The van der Waals surface area contributed by atoms with Crippen molar-refractivity contribution in [2.75, 3.05) is 0 Å². The molecule has 4 aromatic rings. The van der Waals surface area contributed by atoms with Crippen LogP contribution in [0.2, 0.25) is 0 Å². The van der Waals surface area contributed by atoms with E-state index in [1.165, 1.54) is 0 Å². The van der Waals surface area contributed by atoms with E-state index >= 15 is 0 Å². The Kier molecular flexibility index (Phi) is 3.51. The molecule has 0 aromatic heterocycles. The predicted molar refractivity (Wildman–Crippen MR) is 93.6 cm³/mol. The quantitative estimate of drug-likeness (QED) is 0.480. The van der Waals surface area contributed by atoms with Gasteiger partial charge in [0.05, 0.1) is 0 Å². The van der Waals surface area contributed by atoms with Crippen LogP contribution in [0.4, 0.5) is 0 Å². The summed E-state index contributed by atoms with van der Waals surface area (Å²) in [6.07, 6.45) is 0. The molecule has 0 spiro atoms. The van der Waals surface area contributed by atoms with Crippen LogP contribution in [0.5, 0.6) is 0 Å². The standard InChI is InChI=1S/2C10H7.O.Sn/c2*1-2-6-10-8-4-3-7-9(10)5-1;;/h2*1-7H;;. The van der Waals surface area contributed by atoms with Gasteiger partial charge in [-0.15, -0.1) is 0 Å². The predicted octanol–water partition coefficient (Wildman–Crippen LogP) is 3.53. The normalized spacial score (nSPS) is 10.9. The fraction of sp³-hybridized carbons (Fsp3) is 0. The van der Waals surface area contributed by atoms with E-state index in [9.17, 15) is 3.08 Å². The minimum absolute atomic E-state index is 1.04. The second-order valence-electron chi connectivity index (χ2n) is 5.38.